The van der Waals surface area contributed by atoms with Crippen LogP contribution in [0.1, 0.15) is 159 Å². The van der Waals surface area contributed by atoms with Gasteiger partial charge in [0.2, 0.25) is 0 Å². The third kappa shape index (κ3) is 15.5. The van der Waals surface area contributed by atoms with Crippen LogP contribution in [0, 0.1) is 6.92 Å². The zero-order valence-electron chi connectivity index (χ0n) is 35.0. The maximum Gasteiger partial charge on any atom is 0.165 e. The standard InChI is InChI=1S/C38H60N2.C11H9BrO2.Ni/c1-7-13-18-19-24-38(40-36-28-26-32(21-15-9-3)34(30-36)23-17-11-5)37(12-6)39-35-27-25-31(20-14-8-2)33(29-35)22-16-10-4;1-6-3-2-4-7-10(6)8(12)5-9(13)11(7)14;/h25-30H,7-24H2,1-6H3;2-5,13-14H,1H3;. The summed E-state index contributed by atoms with van der Waals surface area (Å²) in [4.78, 5) is 10.6. The van der Waals surface area contributed by atoms with Gasteiger partial charge >= 0.3 is 0 Å². The quantitative estimate of drug-likeness (QED) is 0.0379. The van der Waals surface area contributed by atoms with E-state index in [-0.39, 0.29) is 28.0 Å². The second kappa shape index (κ2) is 26.8. The van der Waals surface area contributed by atoms with Crippen LogP contribution in [0.25, 0.3) is 10.8 Å². The largest absolute Gasteiger partial charge is 0.504 e. The van der Waals surface area contributed by atoms with Crippen molar-refractivity contribution in [1.82, 2.24) is 0 Å². The van der Waals surface area contributed by atoms with Crippen LogP contribution in [0.4, 0.5) is 11.4 Å². The number of unbranched alkanes of at least 4 members (excludes halogenated alkanes) is 7. The Balaban J connectivity index is 0.000000579. The summed E-state index contributed by atoms with van der Waals surface area (Å²) in [5, 5.41) is 20.6. The van der Waals surface area contributed by atoms with E-state index < -0.39 is 0 Å². The van der Waals surface area contributed by atoms with E-state index in [1.165, 1.54) is 124 Å². The van der Waals surface area contributed by atoms with Gasteiger partial charge in [-0.25, -0.2) is 0 Å². The van der Waals surface area contributed by atoms with Crippen molar-refractivity contribution in [3.05, 3.63) is 93.0 Å². The van der Waals surface area contributed by atoms with Crippen molar-refractivity contribution in [2.45, 2.75) is 164 Å². The molecule has 6 heteroatoms. The van der Waals surface area contributed by atoms with E-state index in [1.54, 1.807) is 6.07 Å². The Hall–Kier alpha value is -2.95. The fourth-order valence-electron chi connectivity index (χ4n) is 7.01. The van der Waals surface area contributed by atoms with Gasteiger partial charge in [0.05, 0.1) is 22.8 Å². The molecule has 2 N–H and O–H groups in total. The minimum Gasteiger partial charge on any atom is -0.504 e. The van der Waals surface area contributed by atoms with Crippen molar-refractivity contribution in [3.63, 3.8) is 0 Å². The van der Waals surface area contributed by atoms with Gasteiger partial charge in [0.1, 0.15) is 0 Å². The molecule has 0 aliphatic heterocycles. The molecule has 0 saturated carbocycles. The van der Waals surface area contributed by atoms with Crippen LogP contribution in [0.3, 0.4) is 0 Å². The number of benzene rings is 4. The molecule has 4 nitrogen and oxygen atoms in total. The smallest absolute Gasteiger partial charge is 0.165 e. The number of phenolic OH excluding ortho intramolecular Hbond substituents is 2. The molecule has 4 aromatic rings. The van der Waals surface area contributed by atoms with Crippen molar-refractivity contribution >= 4 is 49.5 Å². The third-order valence-electron chi connectivity index (χ3n) is 10.3. The molecule has 0 heterocycles. The van der Waals surface area contributed by atoms with Gasteiger partial charge in [-0.2, -0.15) is 0 Å². The Kier molecular flexibility index (Phi) is 23.5. The summed E-state index contributed by atoms with van der Waals surface area (Å²) in [5.41, 5.74) is 11.6. The Morgan fingerprint density at radius 3 is 1.55 bits per heavy atom. The molecule has 0 fully saturated rings. The van der Waals surface area contributed by atoms with Crippen molar-refractivity contribution in [2.24, 2.45) is 9.98 Å². The number of aliphatic imine (C=N–C) groups is 2. The molecule has 0 unspecified atom stereocenters. The summed E-state index contributed by atoms with van der Waals surface area (Å²) in [6.45, 7) is 15.6. The molecule has 304 valence electrons. The molecule has 0 aliphatic carbocycles. The first-order valence-electron chi connectivity index (χ1n) is 21.2. The molecule has 0 aliphatic rings. The maximum absolute atomic E-state index is 9.64. The predicted molar refractivity (Wildman–Crippen MR) is 240 cm³/mol. The number of fused-ring (bicyclic) bond motifs is 1. The molecule has 0 saturated heterocycles. The normalized spacial score (nSPS) is 11.7. The summed E-state index contributed by atoms with van der Waals surface area (Å²) in [5.74, 6) is -0.165. The summed E-state index contributed by atoms with van der Waals surface area (Å²) in [6, 6.07) is 21.1. The Morgan fingerprint density at radius 1 is 0.564 bits per heavy atom. The number of nitrogens with zero attached hydrogens (tertiary/aromatic N) is 2. The molecule has 55 heavy (non-hydrogen) atoms. The number of rotatable bonds is 21. The van der Waals surface area contributed by atoms with Gasteiger partial charge in [0.15, 0.2) is 11.5 Å². The van der Waals surface area contributed by atoms with Gasteiger partial charge in [-0.15, -0.1) is 0 Å². The number of hydrogen-bond donors (Lipinski definition) is 2. The van der Waals surface area contributed by atoms with Crippen molar-refractivity contribution in [2.75, 3.05) is 0 Å². The average molecular weight is 857 g/mol. The number of aromatic hydroxyl groups is 2. The summed E-state index contributed by atoms with van der Waals surface area (Å²) in [6.07, 6.45) is 21.5. The maximum atomic E-state index is 9.64. The van der Waals surface area contributed by atoms with Crippen LogP contribution < -0.4 is 0 Å². The first-order chi connectivity index (χ1) is 26.2. The third-order valence-corrected chi connectivity index (χ3v) is 10.9. The number of hydrogen-bond acceptors (Lipinski definition) is 4. The van der Waals surface area contributed by atoms with Crippen LogP contribution in [-0.2, 0) is 42.2 Å². The fourth-order valence-corrected chi connectivity index (χ4v) is 7.75. The minimum atomic E-state index is -0.102. The van der Waals surface area contributed by atoms with Gasteiger partial charge in [0, 0.05) is 31.7 Å². The van der Waals surface area contributed by atoms with Crippen molar-refractivity contribution < 1.29 is 26.7 Å². The molecule has 0 amide bonds. The van der Waals surface area contributed by atoms with E-state index in [4.69, 9.17) is 9.98 Å². The van der Waals surface area contributed by atoms with E-state index in [9.17, 15) is 10.2 Å². The first kappa shape index (κ1) is 48.2. The van der Waals surface area contributed by atoms with Crippen LogP contribution in [-0.4, -0.2) is 21.6 Å². The Labute approximate surface area is 352 Å². The molecule has 0 atom stereocenters. The summed E-state index contributed by atoms with van der Waals surface area (Å²) >= 11 is 3.36. The molecule has 0 bridgehead atoms. The van der Waals surface area contributed by atoms with Gasteiger partial charge in [-0.05, 0) is 136 Å². The monoisotopic (exact) mass is 854 g/mol. The minimum absolute atomic E-state index is 0. The van der Waals surface area contributed by atoms with Crippen LogP contribution in [0.5, 0.6) is 11.5 Å². The first-order valence-corrected chi connectivity index (χ1v) is 22.0. The molecular formula is C49H69BrN2NiO2. The topological polar surface area (TPSA) is 65.2 Å². The predicted octanol–water partition coefficient (Wildman–Crippen LogP) is 15.6. The Morgan fingerprint density at radius 2 is 1.05 bits per heavy atom. The second-order valence-electron chi connectivity index (χ2n) is 14.8. The van der Waals surface area contributed by atoms with Gasteiger partial charge in [-0.1, -0.05) is 133 Å². The van der Waals surface area contributed by atoms with E-state index in [1.807, 2.05) is 19.1 Å². The molecular weight excluding hydrogens is 787 g/mol. The van der Waals surface area contributed by atoms with E-state index in [0.717, 1.165) is 58.2 Å². The molecule has 0 radical (unpaired) electrons. The average Bonchev–Trinajstić information content (AvgIpc) is 3.17. The molecule has 0 aromatic heterocycles. The van der Waals surface area contributed by atoms with E-state index >= 15 is 0 Å². The molecule has 0 spiro atoms. The summed E-state index contributed by atoms with van der Waals surface area (Å²) < 4.78 is 0.793. The second-order valence-corrected chi connectivity index (χ2v) is 15.7. The fraction of sp³-hybridized carbons (Fsp3) is 0.510. The van der Waals surface area contributed by atoms with Crippen LogP contribution in [0.15, 0.2) is 75.1 Å². The molecule has 4 aromatic carbocycles. The summed E-state index contributed by atoms with van der Waals surface area (Å²) in [7, 11) is 0. The van der Waals surface area contributed by atoms with Crippen LogP contribution in [0.2, 0.25) is 0 Å². The zero-order valence-corrected chi connectivity index (χ0v) is 37.6. The van der Waals surface area contributed by atoms with E-state index in [2.05, 4.69) is 93.9 Å². The Bertz CT molecular complexity index is 1800. The van der Waals surface area contributed by atoms with Gasteiger partial charge in [0.25, 0.3) is 0 Å². The van der Waals surface area contributed by atoms with Gasteiger partial charge < -0.3 is 10.2 Å². The zero-order chi connectivity index (χ0) is 39.3. The number of halogens is 1. The van der Waals surface area contributed by atoms with E-state index in [0.29, 0.717) is 5.39 Å². The molecule has 4 rings (SSSR count). The number of phenols is 2. The number of aryl methyl sites for hydroxylation is 5. The van der Waals surface area contributed by atoms with Gasteiger partial charge in [-0.3, -0.25) is 9.98 Å². The van der Waals surface area contributed by atoms with Crippen LogP contribution >= 0.6 is 15.9 Å². The SMILES string of the molecule is CCCCCCC(=Nc1ccc(CCCC)c(CCCC)c1)C(CC)=Nc1ccc(CCCC)c(CCCC)c1.Cc1cccc2c(O)c(O)cc(Br)c12.[Ni]. The van der Waals surface area contributed by atoms with Crippen molar-refractivity contribution in [1.29, 1.82) is 0 Å². The van der Waals surface area contributed by atoms with Crippen molar-refractivity contribution in [3.8, 4) is 11.5 Å².